The maximum atomic E-state index is 13.1. The van der Waals surface area contributed by atoms with Gasteiger partial charge in [-0.1, -0.05) is 0 Å². The molecule has 0 saturated carbocycles. The molecule has 0 atom stereocenters. The Morgan fingerprint density at radius 1 is 0.952 bits per heavy atom. The van der Waals surface area contributed by atoms with Crippen molar-refractivity contribution in [1.82, 2.24) is 15.0 Å². The van der Waals surface area contributed by atoms with Gasteiger partial charge in [-0.15, -0.1) is 0 Å². The number of benzene rings is 1. The number of fused-ring (bicyclic) bond motifs is 1. The minimum Gasteiger partial charge on any atom is -0.370 e. The van der Waals surface area contributed by atoms with Gasteiger partial charge in [0.15, 0.2) is 5.65 Å². The molecule has 21 heavy (non-hydrogen) atoms. The highest BCUT2D eigenvalue weighted by Gasteiger charge is 2.02. The van der Waals surface area contributed by atoms with Crippen LogP contribution in [0, 0.1) is 11.6 Å². The van der Waals surface area contributed by atoms with Gasteiger partial charge in [0, 0.05) is 25.0 Å². The molecule has 4 nitrogen and oxygen atoms in total. The van der Waals surface area contributed by atoms with Gasteiger partial charge in [-0.3, -0.25) is 4.98 Å². The van der Waals surface area contributed by atoms with Crippen LogP contribution in [0.5, 0.6) is 0 Å². The first-order valence-corrected chi connectivity index (χ1v) is 6.47. The second-order valence-electron chi connectivity index (χ2n) is 4.55. The monoisotopic (exact) mass is 286 g/mol. The van der Waals surface area contributed by atoms with E-state index in [0.29, 0.717) is 30.0 Å². The maximum absolute atomic E-state index is 13.1. The molecule has 106 valence electrons. The Bertz CT molecular complexity index is 756. The third-order valence-corrected chi connectivity index (χ3v) is 2.97. The normalized spacial score (nSPS) is 10.8. The zero-order chi connectivity index (χ0) is 14.7. The Morgan fingerprint density at radius 2 is 1.71 bits per heavy atom. The number of nitrogens with zero attached hydrogens (tertiary/aromatic N) is 3. The van der Waals surface area contributed by atoms with E-state index >= 15 is 0 Å². The highest BCUT2D eigenvalue weighted by molar-refractivity contribution is 5.71. The van der Waals surface area contributed by atoms with Crippen LogP contribution in [0.15, 0.2) is 42.7 Å². The number of pyridine rings is 1. The number of hydrogen-bond donors (Lipinski definition) is 1. The summed E-state index contributed by atoms with van der Waals surface area (Å²) in [5, 5.41) is 3.10. The molecule has 1 aromatic carbocycles. The number of nitrogens with one attached hydrogen (secondary N) is 1. The fourth-order valence-corrected chi connectivity index (χ4v) is 2.04. The lowest BCUT2D eigenvalue weighted by atomic mass is 10.1. The van der Waals surface area contributed by atoms with E-state index in [2.05, 4.69) is 20.3 Å². The van der Waals surface area contributed by atoms with Crippen molar-refractivity contribution < 1.29 is 8.78 Å². The summed E-state index contributed by atoms with van der Waals surface area (Å²) in [6.07, 6.45) is 3.68. The first-order chi connectivity index (χ1) is 10.2. The van der Waals surface area contributed by atoms with E-state index in [-0.39, 0.29) is 0 Å². The number of anilines is 1. The fraction of sp³-hybridized carbons (Fsp3) is 0.133. The number of aromatic nitrogens is 3. The second-order valence-corrected chi connectivity index (χ2v) is 4.55. The summed E-state index contributed by atoms with van der Waals surface area (Å²) >= 11 is 0. The molecule has 0 aliphatic heterocycles. The molecular formula is C15H12F2N4. The van der Waals surface area contributed by atoms with Crippen molar-refractivity contribution in [3.05, 3.63) is 59.9 Å². The van der Waals surface area contributed by atoms with Gasteiger partial charge < -0.3 is 5.32 Å². The molecule has 0 unspecified atom stereocenters. The predicted molar refractivity (Wildman–Crippen MR) is 75.9 cm³/mol. The van der Waals surface area contributed by atoms with Gasteiger partial charge in [-0.2, -0.15) is 0 Å². The minimum absolute atomic E-state index is 0.495. The molecule has 2 heterocycles. The number of halogens is 2. The molecule has 0 bridgehead atoms. The maximum Gasteiger partial charge on any atom is 0.180 e. The van der Waals surface area contributed by atoms with Crippen molar-refractivity contribution in [1.29, 1.82) is 0 Å². The molecular weight excluding hydrogens is 274 g/mol. The fourth-order valence-electron chi connectivity index (χ4n) is 2.04. The van der Waals surface area contributed by atoms with Gasteiger partial charge in [-0.05, 0) is 36.2 Å². The molecule has 1 N–H and O–H groups in total. The van der Waals surface area contributed by atoms with Crippen molar-refractivity contribution in [3.8, 4) is 0 Å². The Balaban J connectivity index is 1.66. The molecule has 0 amide bonds. The SMILES string of the molecule is Fc1cc(F)cc(CCNc2ccc3nccnc3n2)c1. The third kappa shape index (κ3) is 3.28. The second kappa shape index (κ2) is 5.78. The summed E-state index contributed by atoms with van der Waals surface area (Å²) in [5.41, 5.74) is 1.87. The van der Waals surface area contributed by atoms with Gasteiger partial charge in [0.2, 0.25) is 0 Å². The van der Waals surface area contributed by atoms with Gasteiger partial charge in [0.25, 0.3) is 0 Å². The van der Waals surface area contributed by atoms with Crippen LogP contribution in [0.25, 0.3) is 11.2 Å². The summed E-state index contributed by atoms with van der Waals surface area (Å²) in [6, 6.07) is 7.12. The van der Waals surface area contributed by atoms with Crippen molar-refractivity contribution in [2.24, 2.45) is 0 Å². The summed E-state index contributed by atoms with van der Waals surface area (Å²) in [6.45, 7) is 0.516. The van der Waals surface area contributed by atoms with Crippen LogP contribution in [-0.2, 0) is 6.42 Å². The predicted octanol–water partition coefficient (Wildman–Crippen LogP) is 2.96. The smallest absolute Gasteiger partial charge is 0.180 e. The summed E-state index contributed by atoms with van der Waals surface area (Å²) in [5.74, 6) is -0.479. The zero-order valence-corrected chi connectivity index (χ0v) is 11.1. The van der Waals surface area contributed by atoms with Crippen molar-refractivity contribution >= 4 is 17.0 Å². The summed E-state index contributed by atoms with van der Waals surface area (Å²) in [4.78, 5) is 12.6. The van der Waals surface area contributed by atoms with Gasteiger partial charge in [0.05, 0.1) is 0 Å². The molecule has 0 aliphatic rings. The Kier molecular flexibility index (Phi) is 3.68. The first kappa shape index (κ1) is 13.4. The topological polar surface area (TPSA) is 50.7 Å². The van der Waals surface area contributed by atoms with E-state index in [9.17, 15) is 8.78 Å². The van der Waals surface area contributed by atoms with E-state index in [1.165, 1.54) is 12.1 Å². The van der Waals surface area contributed by atoms with E-state index in [4.69, 9.17) is 0 Å². The molecule has 0 fully saturated rings. The zero-order valence-electron chi connectivity index (χ0n) is 11.1. The van der Waals surface area contributed by atoms with Crippen LogP contribution in [0.3, 0.4) is 0 Å². The molecule has 0 radical (unpaired) electrons. The molecule has 3 aromatic rings. The molecule has 0 saturated heterocycles. The van der Waals surface area contributed by atoms with E-state index in [1.807, 2.05) is 6.07 Å². The number of rotatable bonds is 4. The largest absolute Gasteiger partial charge is 0.370 e. The Labute approximate surface area is 119 Å². The minimum atomic E-state index is -0.566. The highest BCUT2D eigenvalue weighted by Crippen LogP contribution is 2.11. The summed E-state index contributed by atoms with van der Waals surface area (Å²) in [7, 11) is 0. The standard InChI is InChI=1S/C15H12F2N4/c16-11-7-10(8-12(17)9-11)3-4-19-14-2-1-13-15(21-14)20-6-5-18-13/h1-2,5-9H,3-4H2,(H,19,20,21). The molecule has 6 heteroatoms. The lowest BCUT2D eigenvalue weighted by Gasteiger charge is -2.06. The summed E-state index contributed by atoms with van der Waals surface area (Å²) < 4.78 is 26.1. The lowest BCUT2D eigenvalue weighted by Crippen LogP contribution is -2.07. The van der Waals surface area contributed by atoms with Crippen LogP contribution in [-0.4, -0.2) is 21.5 Å². The van der Waals surface area contributed by atoms with E-state index in [0.717, 1.165) is 11.6 Å². The van der Waals surface area contributed by atoms with Crippen molar-refractivity contribution in [2.75, 3.05) is 11.9 Å². The molecule has 0 spiro atoms. The lowest BCUT2D eigenvalue weighted by molar-refractivity contribution is 0.580. The van der Waals surface area contributed by atoms with Gasteiger partial charge >= 0.3 is 0 Å². The van der Waals surface area contributed by atoms with Crippen molar-refractivity contribution in [2.45, 2.75) is 6.42 Å². The molecule has 0 aliphatic carbocycles. The van der Waals surface area contributed by atoms with Crippen LogP contribution in [0.2, 0.25) is 0 Å². The average Bonchev–Trinajstić information content (AvgIpc) is 2.46. The quantitative estimate of drug-likeness (QED) is 0.801. The van der Waals surface area contributed by atoms with Gasteiger partial charge in [0.1, 0.15) is 23.0 Å². The van der Waals surface area contributed by atoms with Crippen molar-refractivity contribution in [3.63, 3.8) is 0 Å². The Morgan fingerprint density at radius 3 is 2.52 bits per heavy atom. The molecule has 2 aromatic heterocycles. The Hall–Kier alpha value is -2.63. The average molecular weight is 286 g/mol. The van der Waals surface area contributed by atoms with Crippen LogP contribution in [0.4, 0.5) is 14.6 Å². The highest BCUT2D eigenvalue weighted by atomic mass is 19.1. The first-order valence-electron chi connectivity index (χ1n) is 6.47. The van der Waals surface area contributed by atoms with Crippen LogP contribution < -0.4 is 5.32 Å². The van der Waals surface area contributed by atoms with Crippen LogP contribution >= 0.6 is 0 Å². The van der Waals surface area contributed by atoms with Crippen LogP contribution in [0.1, 0.15) is 5.56 Å². The molecule has 3 rings (SSSR count). The number of hydrogen-bond acceptors (Lipinski definition) is 4. The third-order valence-electron chi connectivity index (χ3n) is 2.97. The van der Waals surface area contributed by atoms with E-state index < -0.39 is 11.6 Å². The van der Waals surface area contributed by atoms with E-state index in [1.54, 1.807) is 18.5 Å². The van der Waals surface area contributed by atoms with Gasteiger partial charge in [-0.25, -0.2) is 18.7 Å².